The van der Waals surface area contributed by atoms with Crippen molar-refractivity contribution in [3.63, 3.8) is 0 Å². The molecule has 5 nitrogen and oxygen atoms in total. The molecule has 1 unspecified atom stereocenters. The van der Waals surface area contributed by atoms with Crippen molar-refractivity contribution in [2.45, 2.75) is 90.2 Å². The van der Waals surface area contributed by atoms with Crippen LogP contribution < -0.4 is 0 Å². The molecule has 0 aromatic carbocycles. The zero-order valence-electron chi connectivity index (χ0n) is 17.8. The number of unbranched alkanes of at least 4 members (excludes halogenated alkanes) is 4. The molecule has 0 saturated carbocycles. The number of ether oxygens (including phenoxy) is 1. The summed E-state index contributed by atoms with van der Waals surface area (Å²) >= 11 is 0. The molecule has 158 valence electrons. The van der Waals surface area contributed by atoms with Crippen molar-refractivity contribution in [3.8, 4) is 11.8 Å². The fourth-order valence-electron chi connectivity index (χ4n) is 3.25. The number of likely N-dealkylation sites (tertiary alicyclic amines) is 1. The van der Waals surface area contributed by atoms with Crippen LogP contribution in [0.2, 0.25) is 0 Å². The highest BCUT2D eigenvalue weighted by Crippen LogP contribution is 2.22. The van der Waals surface area contributed by atoms with Crippen LogP contribution in [0, 0.1) is 17.8 Å². The van der Waals surface area contributed by atoms with Crippen LogP contribution in [0.3, 0.4) is 0 Å². The van der Waals surface area contributed by atoms with Crippen LogP contribution in [0.1, 0.15) is 78.1 Å². The Bertz CT molecular complexity index is 561. The lowest BCUT2D eigenvalue weighted by Crippen LogP contribution is -2.33. The van der Waals surface area contributed by atoms with Crippen LogP contribution in [0.5, 0.6) is 0 Å². The van der Waals surface area contributed by atoms with E-state index < -0.39 is 6.10 Å². The quantitative estimate of drug-likeness (QED) is 0.237. The lowest BCUT2D eigenvalue weighted by molar-refractivity contribution is -0.140. The summed E-state index contributed by atoms with van der Waals surface area (Å²) in [5.74, 6) is 6.36. The van der Waals surface area contributed by atoms with E-state index >= 15 is 0 Å². The van der Waals surface area contributed by atoms with E-state index in [-0.39, 0.29) is 23.8 Å². The SMILES string of the molecule is CCCC#CCC(C)[C@H](O)/C=C/[C@H]1CCC(=O)N1CCCCCCC(=O)OC. The Labute approximate surface area is 170 Å². The molecule has 1 aliphatic rings. The summed E-state index contributed by atoms with van der Waals surface area (Å²) in [6, 6.07) is 0.0793. The second-order valence-corrected chi connectivity index (χ2v) is 7.59. The van der Waals surface area contributed by atoms with Gasteiger partial charge in [-0.15, -0.1) is 11.8 Å². The van der Waals surface area contributed by atoms with Gasteiger partial charge < -0.3 is 14.7 Å². The van der Waals surface area contributed by atoms with Gasteiger partial charge in [-0.25, -0.2) is 0 Å². The zero-order valence-corrected chi connectivity index (χ0v) is 17.8. The number of amides is 1. The molecule has 1 N–H and O–H groups in total. The minimum atomic E-state index is -0.535. The Kier molecular flexibility index (Phi) is 12.3. The van der Waals surface area contributed by atoms with Crippen molar-refractivity contribution >= 4 is 11.9 Å². The van der Waals surface area contributed by atoms with E-state index in [1.807, 2.05) is 24.0 Å². The Morgan fingerprint density at radius 2 is 2.07 bits per heavy atom. The monoisotopic (exact) mass is 391 g/mol. The molecule has 3 atom stereocenters. The number of carbonyl (C=O) groups excluding carboxylic acids is 2. The smallest absolute Gasteiger partial charge is 0.305 e. The van der Waals surface area contributed by atoms with E-state index in [9.17, 15) is 14.7 Å². The first kappa shape index (κ1) is 24.2. The van der Waals surface area contributed by atoms with Gasteiger partial charge in [-0.2, -0.15) is 0 Å². The van der Waals surface area contributed by atoms with Gasteiger partial charge in [0.2, 0.25) is 5.91 Å². The van der Waals surface area contributed by atoms with E-state index in [0.717, 1.165) is 51.5 Å². The number of rotatable bonds is 12. The summed E-state index contributed by atoms with van der Waals surface area (Å²) in [5.41, 5.74) is 0. The fourth-order valence-corrected chi connectivity index (χ4v) is 3.25. The maximum Gasteiger partial charge on any atom is 0.305 e. The van der Waals surface area contributed by atoms with Crippen LogP contribution in [0.15, 0.2) is 12.2 Å². The summed E-state index contributed by atoms with van der Waals surface area (Å²) in [4.78, 5) is 25.2. The summed E-state index contributed by atoms with van der Waals surface area (Å²) in [6.07, 6.45) is 11.5. The summed E-state index contributed by atoms with van der Waals surface area (Å²) in [5, 5.41) is 10.3. The Hall–Kier alpha value is -1.80. The molecule has 0 radical (unpaired) electrons. The summed E-state index contributed by atoms with van der Waals surface area (Å²) in [7, 11) is 1.41. The second kappa shape index (κ2) is 14.2. The predicted octanol–water partition coefficient (Wildman–Crippen LogP) is 3.85. The van der Waals surface area contributed by atoms with E-state index in [0.29, 0.717) is 19.3 Å². The number of esters is 1. The minimum Gasteiger partial charge on any atom is -0.469 e. The van der Waals surface area contributed by atoms with Gasteiger partial charge in [0.25, 0.3) is 0 Å². The Morgan fingerprint density at radius 3 is 2.79 bits per heavy atom. The van der Waals surface area contributed by atoms with E-state index in [1.54, 1.807) is 0 Å². The van der Waals surface area contributed by atoms with Gasteiger partial charge in [0.15, 0.2) is 0 Å². The molecule has 0 aromatic heterocycles. The van der Waals surface area contributed by atoms with Gasteiger partial charge in [-0.05, 0) is 31.6 Å². The zero-order chi connectivity index (χ0) is 20.8. The molecular weight excluding hydrogens is 354 g/mol. The molecule has 1 fully saturated rings. The molecule has 5 heteroatoms. The Morgan fingerprint density at radius 1 is 1.32 bits per heavy atom. The van der Waals surface area contributed by atoms with E-state index in [1.165, 1.54) is 7.11 Å². The van der Waals surface area contributed by atoms with Crippen LogP contribution in [-0.2, 0) is 14.3 Å². The fraction of sp³-hybridized carbons (Fsp3) is 0.739. The number of nitrogens with zero attached hydrogens (tertiary/aromatic N) is 1. The number of aliphatic hydroxyl groups excluding tert-OH is 1. The third-order valence-corrected chi connectivity index (χ3v) is 5.17. The molecule has 1 amide bonds. The average molecular weight is 392 g/mol. The molecule has 1 saturated heterocycles. The lowest BCUT2D eigenvalue weighted by Gasteiger charge is -2.23. The highest BCUT2D eigenvalue weighted by atomic mass is 16.5. The van der Waals surface area contributed by atoms with E-state index in [2.05, 4.69) is 23.5 Å². The van der Waals surface area contributed by atoms with Gasteiger partial charge in [0.05, 0.1) is 19.3 Å². The van der Waals surface area contributed by atoms with Gasteiger partial charge in [-0.1, -0.05) is 38.8 Å². The van der Waals surface area contributed by atoms with Crippen molar-refractivity contribution in [1.29, 1.82) is 0 Å². The molecule has 1 rings (SSSR count). The highest BCUT2D eigenvalue weighted by Gasteiger charge is 2.28. The topological polar surface area (TPSA) is 66.8 Å². The first-order valence-corrected chi connectivity index (χ1v) is 10.7. The van der Waals surface area contributed by atoms with Crippen molar-refractivity contribution in [3.05, 3.63) is 12.2 Å². The molecule has 0 spiro atoms. The van der Waals surface area contributed by atoms with Crippen LogP contribution >= 0.6 is 0 Å². The van der Waals surface area contributed by atoms with Crippen LogP contribution in [0.4, 0.5) is 0 Å². The normalized spacial score (nSPS) is 18.8. The molecule has 1 aliphatic heterocycles. The second-order valence-electron chi connectivity index (χ2n) is 7.59. The van der Waals surface area contributed by atoms with Crippen molar-refractivity contribution < 1.29 is 19.4 Å². The first-order valence-electron chi connectivity index (χ1n) is 10.7. The molecule has 0 bridgehead atoms. The standard InChI is InChI=1S/C23H37NO4/c1-4-5-6-9-12-19(2)21(25)16-14-20-15-17-22(26)24(20)18-11-8-7-10-13-23(27)28-3/h14,16,19-21,25H,4-5,7-8,10-13,15,17-18H2,1-3H3/b16-14+/t19?,20-,21+/m0/s1. The number of methoxy groups -OCH3 is 1. The van der Waals surface area contributed by atoms with Gasteiger partial charge in [0, 0.05) is 32.2 Å². The molecular formula is C23H37NO4. The third-order valence-electron chi connectivity index (χ3n) is 5.17. The molecule has 1 heterocycles. The van der Waals surface area contributed by atoms with Crippen molar-refractivity contribution in [2.24, 2.45) is 5.92 Å². The third kappa shape index (κ3) is 9.41. The average Bonchev–Trinajstić information content (AvgIpc) is 3.05. The molecule has 28 heavy (non-hydrogen) atoms. The number of carbonyl (C=O) groups is 2. The number of aliphatic hydroxyl groups is 1. The number of hydrogen-bond acceptors (Lipinski definition) is 4. The minimum absolute atomic E-state index is 0.0793. The first-order chi connectivity index (χ1) is 13.5. The predicted molar refractivity (Wildman–Crippen MR) is 111 cm³/mol. The van der Waals surface area contributed by atoms with Crippen LogP contribution in [0.25, 0.3) is 0 Å². The lowest BCUT2D eigenvalue weighted by atomic mass is 9.99. The van der Waals surface area contributed by atoms with Crippen molar-refractivity contribution in [1.82, 2.24) is 4.90 Å². The molecule has 0 aliphatic carbocycles. The highest BCUT2D eigenvalue weighted by molar-refractivity contribution is 5.79. The summed E-state index contributed by atoms with van der Waals surface area (Å²) < 4.78 is 4.63. The van der Waals surface area contributed by atoms with Crippen LogP contribution in [-0.4, -0.2) is 47.7 Å². The van der Waals surface area contributed by atoms with Gasteiger partial charge in [-0.3, -0.25) is 9.59 Å². The Balaban J connectivity index is 2.36. The molecule has 0 aromatic rings. The van der Waals surface area contributed by atoms with Gasteiger partial charge >= 0.3 is 5.97 Å². The summed E-state index contributed by atoms with van der Waals surface area (Å²) in [6.45, 7) is 4.84. The maximum absolute atomic E-state index is 12.2. The number of hydrogen-bond donors (Lipinski definition) is 1. The maximum atomic E-state index is 12.2. The largest absolute Gasteiger partial charge is 0.469 e. The van der Waals surface area contributed by atoms with Gasteiger partial charge in [0.1, 0.15) is 0 Å². The van der Waals surface area contributed by atoms with E-state index in [4.69, 9.17) is 0 Å². The van der Waals surface area contributed by atoms with Crippen molar-refractivity contribution in [2.75, 3.05) is 13.7 Å².